The molecule has 0 amide bonds. The number of carbonyl (C=O) groups is 1. The van der Waals surface area contributed by atoms with Gasteiger partial charge in [-0.1, -0.05) is 12.1 Å². The summed E-state index contributed by atoms with van der Waals surface area (Å²) < 4.78 is 28.2. The van der Waals surface area contributed by atoms with E-state index in [2.05, 4.69) is 37.1 Å². The fourth-order valence-corrected chi connectivity index (χ4v) is 5.79. The summed E-state index contributed by atoms with van der Waals surface area (Å²) in [6.07, 6.45) is 3.79. The van der Waals surface area contributed by atoms with Crippen molar-refractivity contribution in [3.05, 3.63) is 29.8 Å². The molecule has 2 saturated heterocycles. The van der Waals surface area contributed by atoms with Crippen molar-refractivity contribution in [1.29, 1.82) is 0 Å². The van der Waals surface area contributed by atoms with Crippen LogP contribution in [0, 0.1) is 0 Å². The maximum absolute atomic E-state index is 12.4. The number of benzene rings is 1. The minimum absolute atomic E-state index is 0.135. The highest BCUT2D eigenvalue weighted by Crippen LogP contribution is 2.43. The molecule has 10 nitrogen and oxygen atoms in total. The number of carbonyl (C=O) groups excluding carboxylic acids is 1. The molecule has 11 heteroatoms. The number of hydrogen-bond acceptors (Lipinski definition) is 9. The van der Waals surface area contributed by atoms with E-state index in [1.54, 1.807) is 20.1 Å². The highest BCUT2D eigenvalue weighted by Gasteiger charge is 2.29. The summed E-state index contributed by atoms with van der Waals surface area (Å²) in [5, 5.41) is 6.57. The first kappa shape index (κ1) is 29.6. The minimum atomic E-state index is -3.41. The molecule has 37 heavy (non-hydrogen) atoms. The Morgan fingerprint density at radius 3 is 2.16 bits per heavy atom. The van der Waals surface area contributed by atoms with E-state index >= 15 is 0 Å². The number of anilines is 1. The molecule has 0 atom stereocenters. The Hall–Kier alpha value is -1.97. The van der Waals surface area contributed by atoms with Crippen LogP contribution >= 0.6 is 7.75 Å². The first-order valence-corrected chi connectivity index (χ1v) is 14.9. The van der Waals surface area contributed by atoms with Crippen LogP contribution in [-0.4, -0.2) is 92.7 Å². The lowest BCUT2D eigenvalue weighted by molar-refractivity contribution is -0.156. The van der Waals surface area contributed by atoms with Gasteiger partial charge in [0.1, 0.15) is 5.60 Å². The van der Waals surface area contributed by atoms with Crippen molar-refractivity contribution < 1.29 is 23.1 Å². The third-order valence-electron chi connectivity index (χ3n) is 6.41. The van der Waals surface area contributed by atoms with E-state index in [0.29, 0.717) is 12.6 Å². The van der Waals surface area contributed by atoms with Gasteiger partial charge in [-0.2, -0.15) is 5.10 Å². The number of piperazine rings is 1. The monoisotopic (exact) mass is 537 g/mol. The number of piperidine rings is 1. The molecular weight excluding hydrogens is 493 g/mol. The summed E-state index contributed by atoms with van der Waals surface area (Å²) in [6, 6.07) is 8.76. The lowest BCUT2D eigenvalue weighted by atomic mass is 10.0. The van der Waals surface area contributed by atoms with Crippen molar-refractivity contribution in [1.82, 2.24) is 15.0 Å². The van der Waals surface area contributed by atoms with Gasteiger partial charge in [-0.3, -0.25) is 23.6 Å². The summed E-state index contributed by atoms with van der Waals surface area (Å²) in [5.41, 5.74) is 1.65. The summed E-state index contributed by atoms with van der Waals surface area (Å²) in [4.78, 5) is 19.4. The zero-order valence-electron chi connectivity index (χ0n) is 23.0. The molecule has 0 radical (unpaired) electrons. The van der Waals surface area contributed by atoms with E-state index in [-0.39, 0.29) is 19.2 Å². The second-order valence-electron chi connectivity index (χ2n) is 10.4. The fourth-order valence-electron chi connectivity index (χ4n) is 4.72. The van der Waals surface area contributed by atoms with Crippen molar-refractivity contribution in [3.8, 4) is 0 Å². The topological polar surface area (TPSA) is 95.9 Å². The molecule has 0 aliphatic carbocycles. The van der Waals surface area contributed by atoms with Crippen LogP contribution in [0.25, 0.3) is 0 Å². The second kappa shape index (κ2) is 13.7. The molecule has 2 aliphatic rings. The molecule has 0 spiro atoms. The normalized spacial score (nSPS) is 18.9. The Morgan fingerprint density at radius 2 is 1.62 bits per heavy atom. The van der Waals surface area contributed by atoms with Crippen LogP contribution in [0.4, 0.5) is 5.69 Å². The molecule has 2 heterocycles. The molecule has 1 aromatic carbocycles. The van der Waals surface area contributed by atoms with Crippen LogP contribution in [0.3, 0.4) is 0 Å². The number of esters is 1. The van der Waals surface area contributed by atoms with Gasteiger partial charge in [-0.25, -0.2) is 9.76 Å². The maximum Gasteiger partial charge on any atom is 0.448 e. The number of nitrogens with zero attached hydrogens (tertiary/aromatic N) is 4. The predicted molar refractivity (Wildman–Crippen MR) is 147 cm³/mol. The van der Waals surface area contributed by atoms with Crippen LogP contribution in [0.5, 0.6) is 0 Å². The van der Waals surface area contributed by atoms with Gasteiger partial charge in [-0.15, -0.1) is 0 Å². The average Bonchev–Trinajstić information content (AvgIpc) is 2.84. The molecular formula is C26H44N5O5P. The van der Waals surface area contributed by atoms with Gasteiger partial charge in [0.15, 0.2) is 0 Å². The smallest absolute Gasteiger partial charge is 0.448 e. The summed E-state index contributed by atoms with van der Waals surface area (Å²) in [7, 11) is -3.41. The molecule has 3 rings (SSSR count). The van der Waals surface area contributed by atoms with E-state index < -0.39 is 13.3 Å². The Morgan fingerprint density at radius 1 is 1.03 bits per heavy atom. The van der Waals surface area contributed by atoms with Crippen molar-refractivity contribution in [3.63, 3.8) is 0 Å². The summed E-state index contributed by atoms with van der Waals surface area (Å²) >= 11 is 0. The van der Waals surface area contributed by atoms with Crippen molar-refractivity contribution in [2.45, 2.75) is 59.1 Å². The SMILES string of the molecule is CCOP(=O)(NN=Cc1ccc(N2CCN(C3CCN(CC(=O)OC(C)(C)C)CC3)CC2)cc1)OCC. The molecule has 1 N–H and O–H groups in total. The zero-order valence-corrected chi connectivity index (χ0v) is 23.9. The maximum atomic E-state index is 12.4. The summed E-state index contributed by atoms with van der Waals surface area (Å²) in [5.74, 6) is -0.135. The first-order valence-electron chi connectivity index (χ1n) is 13.3. The quantitative estimate of drug-likeness (QED) is 0.196. The van der Waals surface area contributed by atoms with Gasteiger partial charge < -0.3 is 9.64 Å². The van der Waals surface area contributed by atoms with E-state index in [9.17, 15) is 9.36 Å². The Bertz CT molecular complexity index is 910. The number of hydrogen-bond donors (Lipinski definition) is 1. The minimum Gasteiger partial charge on any atom is -0.459 e. The number of nitrogens with one attached hydrogen (secondary N) is 1. The number of rotatable bonds is 11. The molecule has 0 unspecified atom stereocenters. The molecule has 2 aliphatic heterocycles. The molecule has 0 aromatic heterocycles. The number of hydrazone groups is 1. The van der Waals surface area contributed by atoms with Crippen LogP contribution in [0.15, 0.2) is 29.4 Å². The van der Waals surface area contributed by atoms with E-state index in [1.165, 1.54) is 5.69 Å². The molecule has 208 valence electrons. The Kier molecular flexibility index (Phi) is 11.0. The first-order chi connectivity index (χ1) is 17.6. The molecule has 1 aromatic rings. The third kappa shape index (κ3) is 9.69. The third-order valence-corrected chi connectivity index (χ3v) is 7.97. The van der Waals surface area contributed by atoms with Crippen LogP contribution in [-0.2, 0) is 23.1 Å². The van der Waals surface area contributed by atoms with Crippen LogP contribution < -0.4 is 10.1 Å². The van der Waals surface area contributed by atoms with Gasteiger partial charge in [0.05, 0.1) is 26.0 Å². The van der Waals surface area contributed by atoms with E-state index in [4.69, 9.17) is 13.8 Å². The largest absolute Gasteiger partial charge is 0.459 e. The van der Waals surface area contributed by atoms with Crippen molar-refractivity contribution >= 4 is 25.6 Å². The van der Waals surface area contributed by atoms with Crippen molar-refractivity contribution in [2.75, 3.05) is 63.9 Å². The zero-order chi connectivity index (χ0) is 26.9. The number of likely N-dealkylation sites (tertiary alicyclic amines) is 1. The molecule has 0 bridgehead atoms. The Balaban J connectivity index is 1.41. The second-order valence-corrected chi connectivity index (χ2v) is 12.1. The van der Waals surface area contributed by atoms with Crippen molar-refractivity contribution in [2.24, 2.45) is 5.10 Å². The van der Waals surface area contributed by atoms with E-state index in [0.717, 1.165) is 57.7 Å². The summed E-state index contributed by atoms with van der Waals surface area (Å²) in [6.45, 7) is 16.1. The van der Waals surface area contributed by atoms with Gasteiger partial charge >= 0.3 is 13.7 Å². The standard InChI is InChI=1S/C26H44N5O5P/c1-6-34-37(33,35-7-2)28-27-20-22-8-10-23(11-9-22)30-16-18-31(19-17-30)24-12-14-29(15-13-24)21-25(32)36-26(3,4)5/h8-11,20,24H,6-7,12-19,21H2,1-5H3,(H,28,33). The predicted octanol–water partition coefficient (Wildman–Crippen LogP) is 3.72. The van der Waals surface area contributed by atoms with Crippen LogP contribution in [0.2, 0.25) is 0 Å². The highest BCUT2D eigenvalue weighted by atomic mass is 31.2. The highest BCUT2D eigenvalue weighted by molar-refractivity contribution is 7.51. The number of ether oxygens (including phenoxy) is 1. The lowest BCUT2D eigenvalue weighted by Crippen LogP contribution is -2.53. The molecule has 2 fully saturated rings. The van der Waals surface area contributed by atoms with Gasteiger partial charge in [0.25, 0.3) is 0 Å². The molecule has 0 saturated carbocycles. The Labute approximate surface area is 221 Å². The fraction of sp³-hybridized carbons (Fsp3) is 0.692. The van der Waals surface area contributed by atoms with Crippen LogP contribution in [0.1, 0.15) is 53.0 Å². The van der Waals surface area contributed by atoms with Gasteiger partial charge in [0, 0.05) is 51.0 Å². The van der Waals surface area contributed by atoms with Gasteiger partial charge in [-0.05, 0) is 65.2 Å². The lowest BCUT2D eigenvalue weighted by Gasteiger charge is -2.43. The van der Waals surface area contributed by atoms with Gasteiger partial charge in [0.2, 0.25) is 0 Å². The van der Waals surface area contributed by atoms with E-state index in [1.807, 2.05) is 32.9 Å². The average molecular weight is 538 g/mol.